The lowest BCUT2D eigenvalue weighted by atomic mass is 10.2. The number of carbonyl (C=O) groups is 1. The molecular weight excluding hydrogens is 375 g/mol. The number of benzene rings is 2. The van der Waals surface area contributed by atoms with Gasteiger partial charge in [-0.1, -0.05) is 42.1 Å². The molecular formula is C21H21FN4OS. The fourth-order valence-electron chi connectivity index (χ4n) is 3.05. The van der Waals surface area contributed by atoms with Crippen LogP contribution in [0.5, 0.6) is 0 Å². The highest BCUT2D eigenvalue weighted by atomic mass is 32.2. The van der Waals surface area contributed by atoms with Gasteiger partial charge in [-0.2, -0.15) is 0 Å². The fraction of sp³-hybridized carbons (Fsp3) is 0.286. The second kappa shape index (κ2) is 8.14. The van der Waals surface area contributed by atoms with Crippen molar-refractivity contribution < 1.29 is 9.18 Å². The number of aryl methyl sites for hydroxylation is 1. The zero-order valence-electron chi connectivity index (χ0n) is 15.6. The van der Waals surface area contributed by atoms with Crippen LogP contribution in [0.25, 0.3) is 0 Å². The van der Waals surface area contributed by atoms with Gasteiger partial charge in [-0.25, -0.2) is 4.39 Å². The first-order chi connectivity index (χ1) is 13.6. The second-order valence-corrected chi connectivity index (χ2v) is 7.93. The summed E-state index contributed by atoms with van der Waals surface area (Å²) >= 11 is 1.37. The molecule has 4 rings (SSSR count). The first-order valence-corrected chi connectivity index (χ1v) is 10.2. The Morgan fingerprint density at radius 2 is 2.00 bits per heavy atom. The molecule has 0 radical (unpaired) electrons. The van der Waals surface area contributed by atoms with Gasteiger partial charge in [-0.15, -0.1) is 10.2 Å². The van der Waals surface area contributed by atoms with E-state index in [0.29, 0.717) is 23.7 Å². The number of carbonyl (C=O) groups excluding carboxylic acids is 1. The number of hydrogen-bond acceptors (Lipinski definition) is 4. The molecule has 1 heterocycles. The molecule has 144 valence electrons. The monoisotopic (exact) mass is 396 g/mol. The molecule has 5 nitrogen and oxygen atoms in total. The first-order valence-electron chi connectivity index (χ1n) is 9.26. The van der Waals surface area contributed by atoms with E-state index in [0.717, 1.165) is 23.8 Å². The van der Waals surface area contributed by atoms with Crippen molar-refractivity contribution in [2.24, 2.45) is 0 Å². The number of halogens is 1. The molecule has 1 aromatic heterocycles. The Morgan fingerprint density at radius 1 is 1.21 bits per heavy atom. The van der Waals surface area contributed by atoms with Crippen LogP contribution in [0.4, 0.5) is 10.1 Å². The Bertz CT molecular complexity index is 985. The average Bonchev–Trinajstić information content (AvgIpc) is 3.45. The van der Waals surface area contributed by atoms with E-state index in [4.69, 9.17) is 0 Å². The zero-order chi connectivity index (χ0) is 19.5. The maximum atomic E-state index is 13.2. The van der Waals surface area contributed by atoms with Crippen molar-refractivity contribution in [2.75, 3.05) is 11.1 Å². The van der Waals surface area contributed by atoms with E-state index in [-0.39, 0.29) is 17.5 Å². The summed E-state index contributed by atoms with van der Waals surface area (Å²) in [6.45, 7) is 2.46. The van der Waals surface area contributed by atoms with Crippen molar-refractivity contribution >= 4 is 23.4 Å². The summed E-state index contributed by atoms with van der Waals surface area (Å²) in [7, 11) is 0. The Hall–Kier alpha value is -2.67. The van der Waals surface area contributed by atoms with Crippen LogP contribution >= 0.6 is 11.8 Å². The molecule has 1 N–H and O–H groups in total. The maximum absolute atomic E-state index is 13.2. The lowest BCUT2D eigenvalue weighted by Gasteiger charge is -2.11. The Balaban J connectivity index is 1.45. The molecule has 1 aliphatic rings. The van der Waals surface area contributed by atoms with Gasteiger partial charge >= 0.3 is 0 Å². The number of nitrogens with one attached hydrogen (secondary N) is 1. The molecule has 0 saturated heterocycles. The molecule has 28 heavy (non-hydrogen) atoms. The summed E-state index contributed by atoms with van der Waals surface area (Å²) < 4.78 is 15.3. The molecule has 1 fully saturated rings. The topological polar surface area (TPSA) is 59.8 Å². The Kier molecular flexibility index (Phi) is 5.43. The molecule has 0 atom stereocenters. The van der Waals surface area contributed by atoms with E-state index < -0.39 is 0 Å². The standard InChI is InChI=1S/C21H21FN4OS/c1-14-11-17(22)9-10-18(14)23-19(27)13-28-21-25-24-20(16-7-8-16)26(21)12-15-5-3-2-4-6-15/h2-6,9-11,16H,7-8,12-13H2,1H3,(H,23,27). The van der Waals surface area contributed by atoms with Gasteiger partial charge in [-0.05, 0) is 49.1 Å². The smallest absolute Gasteiger partial charge is 0.234 e. The number of rotatable bonds is 7. The van der Waals surface area contributed by atoms with Crippen LogP contribution in [0.2, 0.25) is 0 Å². The highest BCUT2D eigenvalue weighted by Crippen LogP contribution is 2.40. The molecule has 7 heteroatoms. The van der Waals surface area contributed by atoms with Crippen LogP contribution in [-0.4, -0.2) is 26.4 Å². The first kappa shape index (κ1) is 18.7. The summed E-state index contributed by atoms with van der Waals surface area (Å²) in [5.74, 6) is 1.23. The summed E-state index contributed by atoms with van der Waals surface area (Å²) in [5, 5.41) is 12.3. The lowest BCUT2D eigenvalue weighted by molar-refractivity contribution is -0.113. The van der Waals surface area contributed by atoms with Crippen molar-refractivity contribution in [1.29, 1.82) is 0 Å². The zero-order valence-corrected chi connectivity index (χ0v) is 16.4. The van der Waals surface area contributed by atoms with E-state index in [2.05, 4.69) is 32.2 Å². The Labute approximate surface area is 167 Å². The minimum absolute atomic E-state index is 0.151. The minimum Gasteiger partial charge on any atom is -0.325 e. The van der Waals surface area contributed by atoms with E-state index in [9.17, 15) is 9.18 Å². The van der Waals surface area contributed by atoms with Crippen LogP contribution in [0, 0.1) is 12.7 Å². The molecule has 1 amide bonds. The van der Waals surface area contributed by atoms with Crippen molar-refractivity contribution in [1.82, 2.24) is 14.8 Å². The van der Waals surface area contributed by atoms with Crippen molar-refractivity contribution in [3.8, 4) is 0 Å². The average molecular weight is 396 g/mol. The molecule has 0 aliphatic heterocycles. The number of aromatic nitrogens is 3. The van der Waals surface area contributed by atoms with E-state index in [1.807, 2.05) is 18.2 Å². The van der Waals surface area contributed by atoms with Gasteiger partial charge < -0.3 is 9.88 Å². The second-order valence-electron chi connectivity index (χ2n) is 6.98. The predicted molar refractivity (Wildman–Crippen MR) is 108 cm³/mol. The fourth-order valence-corrected chi connectivity index (χ4v) is 3.79. The van der Waals surface area contributed by atoms with Gasteiger partial charge in [0.2, 0.25) is 5.91 Å². The number of hydrogen-bond donors (Lipinski definition) is 1. The minimum atomic E-state index is -0.313. The normalized spacial score (nSPS) is 13.5. The van der Waals surface area contributed by atoms with Crippen LogP contribution in [-0.2, 0) is 11.3 Å². The molecule has 1 saturated carbocycles. The number of thioether (sulfide) groups is 1. The number of amides is 1. The van der Waals surface area contributed by atoms with Gasteiger partial charge in [0.15, 0.2) is 5.16 Å². The van der Waals surface area contributed by atoms with Crippen LogP contribution < -0.4 is 5.32 Å². The van der Waals surface area contributed by atoms with Crippen molar-refractivity contribution in [3.63, 3.8) is 0 Å². The van der Waals surface area contributed by atoms with E-state index >= 15 is 0 Å². The van der Waals surface area contributed by atoms with Crippen molar-refractivity contribution in [2.45, 2.75) is 37.4 Å². The van der Waals surface area contributed by atoms with Crippen molar-refractivity contribution in [3.05, 3.63) is 71.3 Å². The van der Waals surface area contributed by atoms with Gasteiger partial charge in [0.1, 0.15) is 11.6 Å². The number of nitrogens with zero attached hydrogens (tertiary/aromatic N) is 3. The van der Waals surface area contributed by atoms with E-state index in [1.54, 1.807) is 13.0 Å². The molecule has 0 spiro atoms. The van der Waals surface area contributed by atoms with E-state index in [1.165, 1.54) is 29.5 Å². The molecule has 1 aliphatic carbocycles. The number of anilines is 1. The van der Waals surface area contributed by atoms with Gasteiger partial charge in [-0.3, -0.25) is 4.79 Å². The Morgan fingerprint density at radius 3 is 2.71 bits per heavy atom. The van der Waals surface area contributed by atoms with Gasteiger partial charge in [0.25, 0.3) is 0 Å². The molecule has 0 bridgehead atoms. The van der Waals surface area contributed by atoms with Gasteiger partial charge in [0.05, 0.1) is 12.3 Å². The molecule has 3 aromatic rings. The maximum Gasteiger partial charge on any atom is 0.234 e. The predicted octanol–water partition coefficient (Wildman–Crippen LogP) is 4.38. The molecule has 2 aromatic carbocycles. The summed E-state index contributed by atoms with van der Waals surface area (Å²) in [6, 6.07) is 14.5. The van der Waals surface area contributed by atoms with Crippen LogP contribution in [0.15, 0.2) is 53.7 Å². The van der Waals surface area contributed by atoms with Crippen LogP contribution in [0.1, 0.15) is 35.7 Å². The quantitative estimate of drug-likeness (QED) is 0.602. The third-order valence-electron chi connectivity index (χ3n) is 4.67. The summed E-state index contributed by atoms with van der Waals surface area (Å²) in [4.78, 5) is 12.4. The largest absolute Gasteiger partial charge is 0.325 e. The highest BCUT2D eigenvalue weighted by molar-refractivity contribution is 7.99. The lowest BCUT2D eigenvalue weighted by Crippen LogP contribution is -2.15. The SMILES string of the molecule is Cc1cc(F)ccc1NC(=O)CSc1nnc(C2CC2)n1Cc1ccccc1. The third kappa shape index (κ3) is 4.42. The highest BCUT2D eigenvalue weighted by Gasteiger charge is 2.30. The summed E-state index contributed by atoms with van der Waals surface area (Å²) in [6.07, 6.45) is 2.28. The summed E-state index contributed by atoms with van der Waals surface area (Å²) in [5.41, 5.74) is 2.50. The molecule has 0 unspecified atom stereocenters. The van der Waals surface area contributed by atoms with Gasteiger partial charge in [0, 0.05) is 11.6 Å². The third-order valence-corrected chi connectivity index (χ3v) is 5.63. The van der Waals surface area contributed by atoms with Crippen LogP contribution in [0.3, 0.4) is 0 Å².